The van der Waals surface area contributed by atoms with Crippen molar-refractivity contribution < 1.29 is 4.74 Å². The van der Waals surface area contributed by atoms with E-state index in [-0.39, 0.29) is 0 Å². The normalized spacial score (nSPS) is 23.8. The van der Waals surface area contributed by atoms with Crippen LogP contribution in [0, 0.1) is 0 Å². The predicted octanol–water partition coefficient (Wildman–Crippen LogP) is 2.11. The first-order valence-corrected chi connectivity index (χ1v) is 5.35. The van der Waals surface area contributed by atoms with Crippen molar-refractivity contribution in [3.63, 3.8) is 0 Å². The molecule has 0 aromatic rings. The quantitative estimate of drug-likeness (QED) is 0.520. The smallest absolute Gasteiger partial charge is 0.0644 e. The summed E-state index contributed by atoms with van der Waals surface area (Å²) >= 11 is 0. The summed E-state index contributed by atoms with van der Waals surface area (Å²) in [5, 5.41) is 3.55. The van der Waals surface area contributed by atoms with Crippen molar-refractivity contribution in [1.82, 2.24) is 5.32 Å². The molecule has 0 radical (unpaired) electrons. The molecular weight excluding hydrogens is 162 g/mol. The number of hydrogen-bond donors (Lipinski definition) is 1. The number of ether oxygens (including phenoxy) is 1. The second-order valence-electron chi connectivity index (χ2n) is 3.65. The second kappa shape index (κ2) is 7.10. The number of rotatable bonds is 5. The Morgan fingerprint density at radius 1 is 1.38 bits per heavy atom. The Morgan fingerprint density at radius 3 is 3.15 bits per heavy atom. The zero-order chi connectivity index (χ0) is 9.36. The highest BCUT2D eigenvalue weighted by atomic mass is 16.5. The molecule has 1 N–H and O–H groups in total. The Balaban J connectivity index is 2.01. The molecule has 1 heterocycles. The third-order valence-electron chi connectivity index (χ3n) is 2.51. The van der Waals surface area contributed by atoms with Crippen LogP contribution >= 0.6 is 0 Å². The summed E-state index contributed by atoms with van der Waals surface area (Å²) in [6.45, 7) is 6.36. The first-order chi connectivity index (χ1) is 6.43. The summed E-state index contributed by atoms with van der Waals surface area (Å²) in [4.78, 5) is 0. The van der Waals surface area contributed by atoms with E-state index in [0.29, 0.717) is 12.6 Å². The summed E-state index contributed by atoms with van der Waals surface area (Å²) in [6, 6.07) is 0.687. The van der Waals surface area contributed by atoms with Crippen LogP contribution in [0.1, 0.15) is 32.1 Å². The van der Waals surface area contributed by atoms with Gasteiger partial charge >= 0.3 is 0 Å². The summed E-state index contributed by atoms with van der Waals surface area (Å²) in [6.07, 6.45) is 8.37. The van der Waals surface area contributed by atoms with Gasteiger partial charge in [0.05, 0.1) is 6.61 Å². The lowest BCUT2D eigenvalue weighted by atomic mass is 10.1. The van der Waals surface area contributed by atoms with Gasteiger partial charge in [0.15, 0.2) is 0 Å². The van der Waals surface area contributed by atoms with Gasteiger partial charge in [-0.1, -0.05) is 18.9 Å². The molecule has 1 unspecified atom stereocenters. The van der Waals surface area contributed by atoms with Crippen LogP contribution in [0.3, 0.4) is 0 Å². The molecule has 2 nitrogen and oxygen atoms in total. The Hall–Kier alpha value is -0.340. The van der Waals surface area contributed by atoms with Gasteiger partial charge in [0.25, 0.3) is 0 Å². The van der Waals surface area contributed by atoms with E-state index in [1.54, 1.807) is 6.08 Å². The highest BCUT2D eigenvalue weighted by molar-refractivity contribution is 4.71. The van der Waals surface area contributed by atoms with Gasteiger partial charge in [0.1, 0.15) is 0 Å². The fourth-order valence-electron chi connectivity index (χ4n) is 1.74. The summed E-state index contributed by atoms with van der Waals surface area (Å²) in [5.41, 5.74) is 0. The maximum absolute atomic E-state index is 5.37. The minimum absolute atomic E-state index is 0.687. The predicted molar refractivity (Wildman–Crippen MR) is 55.9 cm³/mol. The van der Waals surface area contributed by atoms with Crippen LogP contribution in [0.25, 0.3) is 0 Å². The van der Waals surface area contributed by atoms with Crippen molar-refractivity contribution in [3.8, 4) is 0 Å². The van der Waals surface area contributed by atoms with Gasteiger partial charge in [0, 0.05) is 12.6 Å². The molecule has 1 fully saturated rings. The van der Waals surface area contributed by atoms with Gasteiger partial charge < -0.3 is 10.1 Å². The molecule has 1 saturated heterocycles. The average Bonchev–Trinajstić information content (AvgIpc) is 2.41. The Bertz CT molecular complexity index is 128. The lowest BCUT2D eigenvalue weighted by Gasteiger charge is -2.14. The molecule has 0 aliphatic carbocycles. The van der Waals surface area contributed by atoms with E-state index < -0.39 is 0 Å². The van der Waals surface area contributed by atoms with Gasteiger partial charge in [-0.15, -0.1) is 6.58 Å². The van der Waals surface area contributed by atoms with Gasteiger partial charge in [-0.05, 0) is 25.8 Å². The molecule has 0 aromatic carbocycles. The zero-order valence-electron chi connectivity index (χ0n) is 8.43. The van der Waals surface area contributed by atoms with Crippen molar-refractivity contribution in [2.24, 2.45) is 0 Å². The first kappa shape index (κ1) is 10.7. The Kier molecular flexibility index (Phi) is 5.87. The van der Waals surface area contributed by atoms with Gasteiger partial charge in [-0.25, -0.2) is 0 Å². The van der Waals surface area contributed by atoms with Crippen molar-refractivity contribution >= 4 is 0 Å². The van der Waals surface area contributed by atoms with E-state index in [2.05, 4.69) is 11.9 Å². The van der Waals surface area contributed by atoms with E-state index in [1.807, 2.05) is 0 Å². The third kappa shape index (κ3) is 5.06. The molecule has 1 aliphatic rings. The monoisotopic (exact) mass is 183 g/mol. The zero-order valence-corrected chi connectivity index (χ0v) is 8.43. The van der Waals surface area contributed by atoms with Crippen molar-refractivity contribution in [2.45, 2.75) is 38.1 Å². The van der Waals surface area contributed by atoms with Gasteiger partial charge in [-0.3, -0.25) is 0 Å². The molecule has 0 aromatic heterocycles. The highest BCUT2D eigenvalue weighted by Gasteiger charge is 2.10. The standard InChI is InChI=1S/C11H21NO/c1-2-9-13-10-7-11-6-4-3-5-8-12-11/h2,11-12H,1,3-10H2. The fraction of sp³-hybridized carbons (Fsp3) is 0.818. The van der Waals surface area contributed by atoms with Crippen molar-refractivity contribution in [1.29, 1.82) is 0 Å². The van der Waals surface area contributed by atoms with Gasteiger partial charge in [-0.2, -0.15) is 0 Å². The molecule has 76 valence electrons. The van der Waals surface area contributed by atoms with E-state index in [0.717, 1.165) is 13.0 Å². The maximum Gasteiger partial charge on any atom is 0.0644 e. The van der Waals surface area contributed by atoms with Crippen LogP contribution in [0.15, 0.2) is 12.7 Å². The molecule has 13 heavy (non-hydrogen) atoms. The van der Waals surface area contributed by atoms with Crippen molar-refractivity contribution in [2.75, 3.05) is 19.8 Å². The fourth-order valence-corrected chi connectivity index (χ4v) is 1.74. The number of hydrogen-bond acceptors (Lipinski definition) is 2. The molecule has 2 heteroatoms. The minimum atomic E-state index is 0.687. The molecule has 0 amide bonds. The highest BCUT2D eigenvalue weighted by Crippen LogP contribution is 2.10. The van der Waals surface area contributed by atoms with Crippen LogP contribution in [0.2, 0.25) is 0 Å². The summed E-state index contributed by atoms with van der Waals surface area (Å²) in [7, 11) is 0. The van der Waals surface area contributed by atoms with Crippen LogP contribution in [0.4, 0.5) is 0 Å². The molecule has 1 aliphatic heterocycles. The minimum Gasteiger partial charge on any atom is -0.377 e. The molecule has 1 atom stereocenters. The first-order valence-electron chi connectivity index (χ1n) is 5.35. The lowest BCUT2D eigenvalue weighted by Crippen LogP contribution is -2.29. The molecule has 1 rings (SSSR count). The lowest BCUT2D eigenvalue weighted by molar-refractivity contribution is 0.149. The van der Waals surface area contributed by atoms with Crippen LogP contribution in [-0.2, 0) is 4.74 Å². The Morgan fingerprint density at radius 2 is 2.31 bits per heavy atom. The van der Waals surface area contributed by atoms with E-state index >= 15 is 0 Å². The summed E-state index contributed by atoms with van der Waals surface area (Å²) < 4.78 is 5.37. The molecule has 0 spiro atoms. The SMILES string of the molecule is C=CCOCCC1CCCCCN1. The Labute approximate surface area is 81.4 Å². The summed E-state index contributed by atoms with van der Waals surface area (Å²) in [5.74, 6) is 0. The average molecular weight is 183 g/mol. The molecular formula is C11H21NO. The van der Waals surface area contributed by atoms with Crippen LogP contribution < -0.4 is 5.32 Å². The maximum atomic E-state index is 5.37. The third-order valence-corrected chi connectivity index (χ3v) is 2.51. The van der Waals surface area contributed by atoms with Gasteiger partial charge in [0.2, 0.25) is 0 Å². The molecule has 0 bridgehead atoms. The van der Waals surface area contributed by atoms with E-state index in [4.69, 9.17) is 4.74 Å². The van der Waals surface area contributed by atoms with Crippen LogP contribution in [-0.4, -0.2) is 25.8 Å². The number of nitrogens with one attached hydrogen (secondary N) is 1. The second-order valence-corrected chi connectivity index (χ2v) is 3.65. The van der Waals surface area contributed by atoms with E-state index in [1.165, 1.54) is 32.2 Å². The van der Waals surface area contributed by atoms with Crippen LogP contribution in [0.5, 0.6) is 0 Å². The van der Waals surface area contributed by atoms with Crippen molar-refractivity contribution in [3.05, 3.63) is 12.7 Å². The largest absolute Gasteiger partial charge is 0.377 e. The topological polar surface area (TPSA) is 21.3 Å². The van der Waals surface area contributed by atoms with E-state index in [9.17, 15) is 0 Å². The molecule has 0 saturated carbocycles.